The van der Waals surface area contributed by atoms with Gasteiger partial charge in [-0.3, -0.25) is 19.8 Å². The Balaban J connectivity index is 1.85. The number of pyridine rings is 1. The fourth-order valence-electron chi connectivity index (χ4n) is 2.56. The molecule has 23 heavy (non-hydrogen) atoms. The molecular weight excluding hydrogens is 298 g/mol. The third kappa shape index (κ3) is 4.88. The Morgan fingerprint density at radius 1 is 1.39 bits per heavy atom. The highest BCUT2D eigenvalue weighted by molar-refractivity contribution is 5.78. The van der Waals surface area contributed by atoms with Gasteiger partial charge in [0.05, 0.1) is 11.5 Å². The minimum absolute atomic E-state index is 0.0262. The van der Waals surface area contributed by atoms with Crippen LogP contribution in [-0.4, -0.2) is 60.0 Å². The van der Waals surface area contributed by atoms with Crippen LogP contribution in [0.3, 0.4) is 0 Å². The van der Waals surface area contributed by atoms with E-state index < -0.39 is 4.92 Å². The first-order chi connectivity index (χ1) is 11.1. The molecule has 0 spiro atoms. The molecule has 1 aromatic rings. The van der Waals surface area contributed by atoms with Crippen molar-refractivity contribution in [2.45, 2.75) is 19.8 Å². The molecule has 1 fully saturated rings. The Bertz CT molecular complexity index is 544. The first kappa shape index (κ1) is 17.1. The number of piperazine rings is 1. The van der Waals surface area contributed by atoms with Gasteiger partial charge in [0, 0.05) is 45.0 Å². The summed E-state index contributed by atoms with van der Waals surface area (Å²) >= 11 is 0. The molecule has 0 unspecified atom stereocenters. The van der Waals surface area contributed by atoms with E-state index in [0.717, 1.165) is 19.4 Å². The van der Waals surface area contributed by atoms with Gasteiger partial charge in [0.1, 0.15) is 0 Å². The molecule has 126 valence electrons. The smallest absolute Gasteiger partial charge is 0.311 e. The van der Waals surface area contributed by atoms with Crippen molar-refractivity contribution in [2.75, 3.05) is 44.2 Å². The molecule has 2 heterocycles. The normalized spacial score (nSPS) is 15.4. The second-order valence-electron chi connectivity index (χ2n) is 5.57. The van der Waals surface area contributed by atoms with Crippen molar-refractivity contribution in [1.82, 2.24) is 15.2 Å². The molecule has 1 aromatic heterocycles. The van der Waals surface area contributed by atoms with Crippen molar-refractivity contribution in [1.29, 1.82) is 0 Å². The largest absolute Gasteiger partial charge is 0.355 e. The molecule has 0 radical (unpaired) electrons. The predicted molar refractivity (Wildman–Crippen MR) is 87.5 cm³/mol. The number of nitro groups is 1. The molecule has 8 heteroatoms. The number of nitrogens with zero attached hydrogens (tertiary/aromatic N) is 4. The predicted octanol–water partition coefficient (Wildman–Crippen LogP) is 1.03. The Hall–Kier alpha value is -2.22. The Morgan fingerprint density at radius 3 is 2.78 bits per heavy atom. The molecule has 0 aromatic carbocycles. The van der Waals surface area contributed by atoms with Gasteiger partial charge < -0.3 is 10.2 Å². The average molecular weight is 321 g/mol. The summed E-state index contributed by atoms with van der Waals surface area (Å²) in [5, 5.41) is 14.0. The van der Waals surface area contributed by atoms with Crippen LogP contribution < -0.4 is 10.2 Å². The van der Waals surface area contributed by atoms with Crippen molar-refractivity contribution in [2.24, 2.45) is 0 Å². The molecule has 1 N–H and O–H groups in total. The summed E-state index contributed by atoms with van der Waals surface area (Å²) < 4.78 is 0. The number of aromatic nitrogens is 1. The summed E-state index contributed by atoms with van der Waals surface area (Å²) in [5.41, 5.74) is 0.0262. The van der Waals surface area contributed by atoms with Crippen molar-refractivity contribution < 1.29 is 9.72 Å². The molecule has 0 saturated carbocycles. The van der Waals surface area contributed by atoms with Crippen LogP contribution in [0.2, 0.25) is 0 Å². The molecule has 1 aliphatic rings. The third-order valence-electron chi connectivity index (χ3n) is 3.85. The molecule has 1 aliphatic heterocycles. The molecule has 0 aliphatic carbocycles. The van der Waals surface area contributed by atoms with Gasteiger partial charge in [0.2, 0.25) is 11.7 Å². The van der Waals surface area contributed by atoms with E-state index in [1.54, 1.807) is 12.3 Å². The highest BCUT2D eigenvalue weighted by Gasteiger charge is 2.25. The summed E-state index contributed by atoms with van der Waals surface area (Å²) in [4.78, 5) is 30.6. The molecule has 8 nitrogen and oxygen atoms in total. The van der Waals surface area contributed by atoms with E-state index in [2.05, 4.69) is 22.1 Å². The fourth-order valence-corrected chi connectivity index (χ4v) is 2.56. The minimum Gasteiger partial charge on any atom is -0.355 e. The zero-order valence-electron chi connectivity index (χ0n) is 13.4. The summed E-state index contributed by atoms with van der Waals surface area (Å²) in [6.45, 7) is 5.81. The zero-order valence-corrected chi connectivity index (χ0v) is 13.4. The molecule has 1 amide bonds. The number of anilines is 1. The maximum absolute atomic E-state index is 11.8. The van der Waals surface area contributed by atoms with Crippen LogP contribution in [0.15, 0.2) is 18.3 Å². The minimum atomic E-state index is -0.407. The van der Waals surface area contributed by atoms with E-state index >= 15 is 0 Å². The number of hydrogen-bond acceptors (Lipinski definition) is 6. The van der Waals surface area contributed by atoms with Crippen LogP contribution in [0.5, 0.6) is 0 Å². The monoisotopic (exact) mass is 321 g/mol. The number of nitrogens with one attached hydrogen (secondary N) is 1. The second-order valence-corrected chi connectivity index (χ2v) is 5.57. The van der Waals surface area contributed by atoms with Gasteiger partial charge in [-0.1, -0.05) is 13.3 Å². The van der Waals surface area contributed by atoms with Crippen LogP contribution in [0.25, 0.3) is 0 Å². The fraction of sp³-hybridized carbons (Fsp3) is 0.600. The van der Waals surface area contributed by atoms with Crippen LogP contribution in [0.1, 0.15) is 19.8 Å². The number of hydrogen-bond donors (Lipinski definition) is 1. The number of rotatable bonds is 7. The Morgan fingerprint density at radius 2 is 2.13 bits per heavy atom. The first-order valence-corrected chi connectivity index (χ1v) is 7.95. The van der Waals surface area contributed by atoms with Gasteiger partial charge in [-0.2, -0.15) is 0 Å². The SMILES string of the molecule is CCCCNC(=O)CN1CCN(c2ncccc2[N+](=O)[O-])CC1. The standard InChI is InChI=1S/C15H23N5O3/c1-2-3-6-16-14(21)12-18-8-10-19(11-9-18)15-13(20(22)23)5-4-7-17-15/h4-5,7H,2-3,6,8-12H2,1H3,(H,16,21). The van der Waals surface area contributed by atoms with Gasteiger partial charge in [-0.15, -0.1) is 0 Å². The molecule has 1 saturated heterocycles. The molecular formula is C15H23N5O3. The summed E-state index contributed by atoms with van der Waals surface area (Å²) in [5.74, 6) is 0.445. The van der Waals surface area contributed by atoms with Crippen LogP contribution in [0.4, 0.5) is 11.5 Å². The van der Waals surface area contributed by atoms with E-state index in [-0.39, 0.29) is 11.6 Å². The van der Waals surface area contributed by atoms with Gasteiger partial charge in [0.25, 0.3) is 0 Å². The maximum atomic E-state index is 11.8. The Kier molecular flexibility index (Phi) is 6.28. The lowest BCUT2D eigenvalue weighted by Gasteiger charge is -2.34. The maximum Gasteiger partial charge on any atom is 0.311 e. The number of amides is 1. The van der Waals surface area contributed by atoms with E-state index in [1.165, 1.54) is 6.07 Å². The van der Waals surface area contributed by atoms with Crippen LogP contribution >= 0.6 is 0 Å². The second kappa shape index (κ2) is 8.42. The number of carbonyl (C=O) groups is 1. The van der Waals surface area contributed by atoms with Crippen LogP contribution in [-0.2, 0) is 4.79 Å². The number of unbranched alkanes of at least 4 members (excludes halogenated alkanes) is 1. The lowest BCUT2D eigenvalue weighted by Crippen LogP contribution is -2.49. The zero-order chi connectivity index (χ0) is 16.7. The Labute approximate surface area is 135 Å². The van der Waals surface area contributed by atoms with Crippen molar-refractivity contribution in [3.63, 3.8) is 0 Å². The van der Waals surface area contributed by atoms with Crippen LogP contribution in [0, 0.1) is 10.1 Å². The molecule has 0 bridgehead atoms. The lowest BCUT2D eigenvalue weighted by atomic mass is 10.2. The summed E-state index contributed by atoms with van der Waals surface area (Å²) in [7, 11) is 0. The quantitative estimate of drug-likeness (QED) is 0.458. The topological polar surface area (TPSA) is 91.6 Å². The first-order valence-electron chi connectivity index (χ1n) is 7.95. The van der Waals surface area contributed by atoms with E-state index in [9.17, 15) is 14.9 Å². The van der Waals surface area contributed by atoms with Gasteiger partial charge in [-0.25, -0.2) is 4.98 Å². The highest BCUT2D eigenvalue weighted by Crippen LogP contribution is 2.25. The number of carbonyl (C=O) groups excluding carboxylic acids is 1. The lowest BCUT2D eigenvalue weighted by molar-refractivity contribution is -0.384. The van der Waals surface area contributed by atoms with E-state index in [4.69, 9.17) is 0 Å². The average Bonchev–Trinajstić information content (AvgIpc) is 2.56. The molecule has 2 rings (SSSR count). The van der Waals surface area contributed by atoms with Crippen molar-refractivity contribution in [3.05, 3.63) is 28.4 Å². The van der Waals surface area contributed by atoms with Crippen molar-refractivity contribution in [3.8, 4) is 0 Å². The van der Waals surface area contributed by atoms with Gasteiger partial charge in [-0.05, 0) is 12.5 Å². The molecule has 0 atom stereocenters. The summed E-state index contributed by atoms with van der Waals surface area (Å²) in [6, 6.07) is 3.04. The highest BCUT2D eigenvalue weighted by atomic mass is 16.6. The van der Waals surface area contributed by atoms with Gasteiger partial charge >= 0.3 is 5.69 Å². The summed E-state index contributed by atoms with van der Waals surface area (Å²) in [6.07, 6.45) is 3.61. The van der Waals surface area contributed by atoms with Crippen molar-refractivity contribution >= 4 is 17.4 Å². The third-order valence-corrected chi connectivity index (χ3v) is 3.85. The van der Waals surface area contributed by atoms with E-state index in [0.29, 0.717) is 38.5 Å². The van der Waals surface area contributed by atoms with Gasteiger partial charge in [0.15, 0.2) is 0 Å². The van der Waals surface area contributed by atoms with E-state index in [1.807, 2.05) is 4.90 Å².